The van der Waals surface area contributed by atoms with Crippen molar-refractivity contribution < 1.29 is 19.5 Å². The van der Waals surface area contributed by atoms with Gasteiger partial charge in [-0.2, -0.15) is 0 Å². The molecule has 1 aromatic carbocycles. The van der Waals surface area contributed by atoms with Crippen LogP contribution in [0.3, 0.4) is 0 Å². The van der Waals surface area contributed by atoms with Crippen LogP contribution in [0.2, 0.25) is 0 Å². The number of carboxylic acid groups (broad SMARTS) is 1. The van der Waals surface area contributed by atoms with Crippen molar-refractivity contribution >= 4 is 35.4 Å². The summed E-state index contributed by atoms with van der Waals surface area (Å²) in [6.45, 7) is 7.21. The van der Waals surface area contributed by atoms with E-state index < -0.39 is 12.0 Å². The minimum absolute atomic E-state index is 0.0476. The highest BCUT2D eigenvalue weighted by molar-refractivity contribution is 5.96. The molecule has 1 unspecified atom stereocenters. The SMILES string of the molecule is CN1CCN(C2CCCN(c3cnc(C(N)=O)c(Nc4ccc(C5(C)CCN([C@H]6C[C@@H](NC(=O)O)C6)CC5)cc4)n3)C2)C1=O. The Hall–Kier alpha value is -4.13. The van der Waals surface area contributed by atoms with E-state index >= 15 is 0 Å². The fourth-order valence-corrected chi connectivity index (χ4v) is 7.17. The first-order chi connectivity index (χ1) is 21.1. The summed E-state index contributed by atoms with van der Waals surface area (Å²) in [4.78, 5) is 53.2. The number of carbonyl (C=O) groups excluding carboxylic acids is 2. The van der Waals surface area contributed by atoms with Crippen molar-refractivity contribution in [3.63, 3.8) is 0 Å². The van der Waals surface area contributed by atoms with Crippen LogP contribution < -0.4 is 21.3 Å². The van der Waals surface area contributed by atoms with Gasteiger partial charge in [-0.3, -0.25) is 4.79 Å². The molecule has 1 saturated carbocycles. The standard InChI is InChI=1S/C31H43N9O4/c1-31(9-12-38(13-10-31)24-16-22(17-24)35-29(42)43)20-5-7-21(8-6-20)34-28-26(27(32)41)33-18-25(36-28)39-11-3-4-23(19-39)40-15-14-37(2)30(40)44/h5-8,18,22-24,35H,3-4,9-17,19H2,1-2H3,(H2,32,41)(H,34,36)(H,42,43)/t22-,23?,24+. The zero-order chi connectivity index (χ0) is 31.0. The van der Waals surface area contributed by atoms with E-state index in [4.69, 9.17) is 15.8 Å². The molecule has 3 aliphatic heterocycles. The molecule has 4 fully saturated rings. The number of hydrogen-bond donors (Lipinski definition) is 4. The van der Waals surface area contributed by atoms with Gasteiger partial charge in [0.15, 0.2) is 11.5 Å². The monoisotopic (exact) mass is 605 g/mol. The van der Waals surface area contributed by atoms with Gasteiger partial charge in [0.05, 0.1) is 12.2 Å². The molecule has 13 nitrogen and oxygen atoms in total. The fraction of sp³-hybridized carbons (Fsp3) is 0.581. The van der Waals surface area contributed by atoms with Gasteiger partial charge < -0.3 is 41.1 Å². The molecule has 4 amide bonds. The van der Waals surface area contributed by atoms with Gasteiger partial charge in [-0.05, 0) is 74.7 Å². The zero-order valence-corrected chi connectivity index (χ0v) is 25.5. The third-order valence-corrected chi connectivity index (χ3v) is 10.1. The van der Waals surface area contributed by atoms with Crippen molar-refractivity contribution in [2.45, 2.75) is 69.0 Å². The number of nitrogens with zero attached hydrogens (tertiary/aromatic N) is 6. The van der Waals surface area contributed by atoms with Gasteiger partial charge in [0.1, 0.15) is 5.82 Å². The van der Waals surface area contributed by atoms with Gasteiger partial charge in [0.2, 0.25) is 0 Å². The van der Waals surface area contributed by atoms with Crippen LogP contribution >= 0.6 is 0 Å². The summed E-state index contributed by atoms with van der Waals surface area (Å²) in [5, 5.41) is 14.8. The molecule has 1 aliphatic carbocycles. The Labute approximate surface area is 257 Å². The van der Waals surface area contributed by atoms with Gasteiger partial charge in [-0.15, -0.1) is 0 Å². The maximum atomic E-state index is 12.6. The van der Waals surface area contributed by atoms with Crippen LogP contribution in [0, 0.1) is 0 Å². The van der Waals surface area contributed by atoms with Crippen LogP contribution in [0.15, 0.2) is 30.5 Å². The Morgan fingerprint density at radius 2 is 1.77 bits per heavy atom. The average Bonchev–Trinajstić information content (AvgIpc) is 3.33. The van der Waals surface area contributed by atoms with Crippen LogP contribution in [-0.2, 0) is 5.41 Å². The van der Waals surface area contributed by atoms with Gasteiger partial charge >= 0.3 is 12.1 Å². The zero-order valence-electron chi connectivity index (χ0n) is 25.5. The molecule has 4 aliphatic rings. The quantitative estimate of drug-likeness (QED) is 0.355. The summed E-state index contributed by atoms with van der Waals surface area (Å²) in [6.07, 6.45) is 6.36. The van der Waals surface area contributed by atoms with Gasteiger partial charge in [-0.25, -0.2) is 19.6 Å². The fourth-order valence-electron chi connectivity index (χ4n) is 7.17. The lowest BCUT2D eigenvalue weighted by atomic mass is 9.73. The summed E-state index contributed by atoms with van der Waals surface area (Å²) >= 11 is 0. The summed E-state index contributed by atoms with van der Waals surface area (Å²) in [5.41, 5.74) is 7.85. The molecule has 13 heteroatoms. The third kappa shape index (κ3) is 6.10. The maximum absolute atomic E-state index is 12.6. The van der Waals surface area contributed by atoms with E-state index in [0.717, 1.165) is 76.9 Å². The van der Waals surface area contributed by atoms with Crippen molar-refractivity contribution in [1.82, 2.24) is 30.0 Å². The number of nitrogens with two attached hydrogens (primary N) is 1. The van der Waals surface area contributed by atoms with E-state index in [0.29, 0.717) is 24.2 Å². The summed E-state index contributed by atoms with van der Waals surface area (Å²) < 4.78 is 0. The summed E-state index contributed by atoms with van der Waals surface area (Å²) in [6, 6.07) is 8.99. The Kier molecular flexibility index (Phi) is 8.23. The van der Waals surface area contributed by atoms with Crippen LogP contribution in [0.25, 0.3) is 0 Å². The number of amides is 4. The van der Waals surface area contributed by atoms with E-state index in [-0.39, 0.29) is 29.2 Å². The lowest BCUT2D eigenvalue weighted by Crippen LogP contribution is -2.56. The molecule has 3 saturated heterocycles. The number of aromatic nitrogens is 2. The van der Waals surface area contributed by atoms with E-state index in [9.17, 15) is 14.4 Å². The predicted octanol–water partition coefficient (Wildman–Crippen LogP) is 2.81. The number of piperidine rings is 2. The molecular weight excluding hydrogens is 562 g/mol. The highest BCUT2D eigenvalue weighted by atomic mass is 16.4. The lowest BCUT2D eigenvalue weighted by Gasteiger charge is -2.48. The van der Waals surface area contributed by atoms with Crippen LogP contribution in [-0.4, -0.2) is 112 Å². The maximum Gasteiger partial charge on any atom is 0.404 e. The Morgan fingerprint density at radius 3 is 2.41 bits per heavy atom. The van der Waals surface area contributed by atoms with Crippen LogP contribution in [0.1, 0.15) is 61.5 Å². The van der Waals surface area contributed by atoms with E-state index in [2.05, 4.69) is 44.5 Å². The van der Waals surface area contributed by atoms with Crippen LogP contribution in [0.4, 0.5) is 26.9 Å². The molecule has 0 radical (unpaired) electrons. The largest absolute Gasteiger partial charge is 0.465 e. The van der Waals surface area contributed by atoms with Crippen LogP contribution in [0.5, 0.6) is 0 Å². The average molecular weight is 606 g/mol. The highest BCUT2D eigenvalue weighted by Crippen LogP contribution is 2.38. The second-order valence-corrected chi connectivity index (χ2v) is 13.0. The van der Waals surface area contributed by atoms with E-state index in [1.54, 1.807) is 11.1 Å². The number of urea groups is 1. The Morgan fingerprint density at radius 1 is 1.05 bits per heavy atom. The molecule has 1 aromatic heterocycles. The van der Waals surface area contributed by atoms with Crippen molar-refractivity contribution in [3.8, 4) is 0 Å². The first-order valence-corrected chi connectivity index (χ1v) is 15.6. The van der Waals surface area contributed by atoms with Gasteiger partial charge in [0.25, 0.3) is 5.91 Å². The summed E-state index contributed by atoms with van der Waals surface area (Å²) in [7, 11) is 1.83. The molecule has 6 rings (SSSR count). The number of likely N-dealkylation sites (N-methyl/N-ethyl adjacent to an activating group) is 1. The van der Waals surface area contributed by atoms with Gasteiger partial charge in [0, 0.05) is 51.0 Å². The molecule has 2 aromatic rings. The topological polar surface area (TPSA) is 160 Å². The molecule has 0 bridgehead atoms. The molecular formula is C31H43N9O4. The van der Waals surface area contributed by atoms with Crippen molar-refractivity contribution in [2.24, 2.45) is 5.73 Å². The minimum atomic E-state index is -0.941. The minimum Gasteiger partial charge on any atom is -0.465 e. The van der Waals surface area contributed by atoms with Crippen molar-refractivity contribution in [1.29, 1.82) is 0 Å². The molecule has 1 atom stereocenters. The lowest BCUT2D eigenvalue weighted by molar-refractivity contribution is 0.0569. The van der Waals surface area contributed by atoms with E-state index in [1.165, 1.54) is 5.56 Å². The Bertz CT molecular complexity index is 1390. The highest BCUT2D eigenvalue weighted by Gasteiger charge is 2.39. The number of rotatable bonds is 8. The molecule has 44 heavy (non-hydrogen) atoms. The predicted molar refractivity (Wildman–Crippen MR) is 166 cm³/mol. The third-order valence-electron chi connectivity index (χ3n) is 10.1. The number of carbonyl (C=O) groups is 3. The first-order valence-electron chi connectivity index (χ1n) is 15.6. The number of primary amides is 1. The molecule has 4 heterocycles. The molecule has 5 N–H and O–H groups in total. The Balaban J connectivity index is 1.10. The molecule has 0 spiro atoms. The first kappa shape index (κ1) is 29.9. The number of anilines is 3. The number of hydrogen-bond acceptors (Lipinski definition) is 8. The van der Waals surface area contributed by atoms with Gasteiger partial charge in [-0.1, -0.05) is 19.1 Å². The van der Waals surface area contributed by atoms with Crippen molar-refractivity contribution in [3.05, 3.63) is 41.7 Å². The summed E-state index contributed by atoms with van der Waals surface area (Å²) in [5.74, 6) is 0.313. The van der Waals surface area contributed by atoms with Crippen molar-refractivity contribution in [2.75, 3.05) is 56.5 Å². The smallest absolute Gasteiger partial charge is 0.404 e. The molecule has 236 valence electrons. The number of nitrogens with one attached hydrogen (secondary N) is 2. The van der Waals surface area contributed by atoms with E-state index in [1.807, 2.05) is 24.1 Å². The second-order valence-electron chi connectivity index (χ2n) is 13.0. The number of likely N-dealkylation sites (tertiary alicyclic amines) is 1. The second kappa shape index (κ2) is 12.1. The number of benzene rings is 1. The normalized spacial score (nSPS) is 25.5.